The van der Waals surface area contributed by atoms with E-state index in [1.54, 1.807) is 24.3 Å². The second-order valence-corrected chi connectivity index (χ2v) is 7.47. The summed E-state index contributed by atoms with van der Waals surface area (Å²) in [5.74, 6) is -0.163. The predicted molar refractivity (Wildman–Crippen MR) is 101 cm³/mol. The number of non-ortho nitro benzene ring substituents is 1. The molecule has 0 unspecified atom stereocenters. The Kier molecular flexibility index (Phi) is 6.52. The molecule has 0 fully saturated rings. The van der Waals surface area contributed by atoms with Crippen LogP contribution in [0.15, 0.2) is 48.5 Å². The summed E-state index contributed by atoms with van der Waals surface area (Å²) in [6, 6.07) is 12.1. The number of halogens is 3. The van der Waals surface area contributed by atoms with Crippen LogP contribution in [0.4, 0.5) is 11.4 Å². The minimum absolute atomic E-state index is 0.0558. The van der Waals surface area contributed by atoms with Gasteiger partial charge in [0.15, 0.2) is 0 Å². The Morgan fingerprint density at radius 2 is 1.88 bits per heavy atom. The molecule has 7 nitrogen and oxygen atoms in total. The number of benzene rings is 2. The average Bonchev–Trinajstić information content (AvgIpc) is 2.60. The molecule has 0 saturated carbocycles. The molecule has 2 aromatic rings. The van der Waals surface area contributed by atoms with Crippen LogP contribution in [0.5, 0.6) is 5.75 Å². The molecule has 0 aliphatic carbocycles. The molecule has 0 spiro atoms. The van der Waals surface area contributed by atoms with Crippen LogP contribution in [0.25, 0.3) is 0 Å². The van der Waals surface area contributed by atoms with E-state index in [0.717, 1.165) is 6.07 Å². The van der Waals surface area contributed by atoms with E-state index in [4.69, 9.17) is 39.5 Å². The molecule has 0 aromatic heterocycles. The van der Waals surface area contributed by atoms with Gasteiger partial charge in [-0.05, 0) is 18.2 Å². The van der Waals surface area contributed by atoms with Gasteiger partial charge in [-0.3, -0.25) is 14.9 Å². The Labute approximate surface area is 164 Å². The number of hydrogen-bond donors (Lipinski definition) is 2. The fourth-order valence-corrected chi connectivity index (χ4v) is 2.42. The summed E-state index contributed by atoms with van der Waals surface area (Å²) in [5.41, 5.74) is 0.326. The smallest absolute Gasteiger partial charge is 0.270 e. The molecule has 0 radical (unpaired) electrons. The first-order chi connectivity index (χ1) is 12.2. The quantitative estimate of drug-likeness (QED) is 0.318. The molecule has 1 amide bonds. The minimum Gasteiger partial charge on any atom is -0.495 e. The SMILES string of the molecule is COc1ccccc1N[C@H](NC(=O)c1cccc([N+](=O)[O-])c1)C(Cl)(Cl)Cl. The average molecular weight is 419 g/mol. The third-order valence-electron chi connectivity index (χ3n) is 3.33. The van der Waals surface area contributed by atoms with Crippen molar-refractivity contribution in [1.82, 2.24) is 5.32 Å². The molecule has 10 heteroatoms. The number of methoxy groups -OCH3 is 1. The Morgan fingerprint density at radius 1 is 1.19 bits per heavy atom. The van der Waals surface area contributed by atoms with E-state index in [9.17, 15) is 14.9 Å². The van der Waals surface area contributed by atoms with Gasteiger partial charge in [0.1, 0.15) is 11.9 Å². The first-order valence-electron chi connectivity index (χ1n) is 7.24. The number of carbonyl (C=O) groups excluding carboxylic acids is 1. The van der Waals surface area contributed by atoms with E-state index in [2.05, 4.69) is 10.6 Å². The summed E-state index contributed by atoms with van der Waals surface area (Å²) >= 11 is 17.9. The summed E-state index contributed by atoms with van der Waals surface area (Å²) < 4.78 is 3.31. The third kappa shape index (κ3) is 5.14. The second-order valence-electron chi connectivity index (χ2n) is 5.10. The van der Waals surface area contributed by atoms with Crippen LogP contribution >= 0.6 is 34.8 Å². The highest BCUT2D eigenvalue weighted by atomic mass is 35.6. The lowest BCUT2D eigenvalue weighted by atomic mass is 10.2. The standard InChI is InChI=1S/C16H14Cl3N3O4/c1-26-13-8-3-2-7-12(13)20-15(16(17,18)19)21-14(23)10-5-4-6-11(9-10)22(24)25/h2-9,15,20H,1H3,(H,21,23)/t15-/m1/s1. The first kappa shape index (κ1) is 20.1. The third-order valence-corrected chi connectivity index (χ3v) is 3.98. The fraction of sp³-hybridized carbons (Fsp3) is 0.188. The molecule has 0 aliphatic heterocycles. The lowest BCUT2D eigenvalue weighted by Gasteiger charge is -2.28. The van der Waals surface area contributed by atoms with Gasteiger partial charge in [0.2, 0.25) is 3.79 Å². The van der Waals surface area contributed by atoms with Crippen LogP contribution in [0.2, 0.25) is 0 Å². The molecule has 0 saturated heterocycles. The maximum absolute atomic E-state index is 12.4. The number of hydrogen-bond acceptors (Lipinski definition) is 5. The molecule has 26 heavy (non-hydrogen) atoms. The van der Waals surface area contributed by atoms with Gasteiger partial charge in [0.25, 0.3) is 11.6 Å². The number of rotatable bonds is 6. The van der Waals surface area contributed by atoms with Crippen molar-refractivity contribution in [2.75, 3.05) is 12.4 Å². The highest BCUT2D eigenvalue weighted by Gasteiger charge is 2.35. The largest absolute Gasteiger partial charge is 0.495 e. The molecular weight excluding hydrogens is 405 g/mol. The number of para-hydroxylation sites is 2. The Morgan fingerprint density at radius 3 is 2.50 bits per heavy atom. The molecule has 0 aliphatic rings. The van der Waals surface area contributed by atoms with Crippen molar-refractivity contribution in [2.45, 2.75) is 9.96 Å². The normalized spacial score (nSPS) is 12.2. The van der Waals surface area contributed by atoms with E-state index >= 15 is 0 Å². The van der Waals surface area contributed by atoms with E-state index in [1.807, 2.05) is 0 Å². The molecule has 2 rings (SSSR count). The highest BCUT2D eigenvalue weighted by molar-refractivity contribution is 6.68. The van der Waals surface area contributed by atoms with Crippen molar-refractivity contribution < 1.29 is 14.5 Å². The lowest BCUT2D eigenvalue weighted by Crippen LogP contribution is -2.49. The summed E-state index contributed by atoms with van der Waals surface area (Å²) in [4.78, 5) is 22.7. The zero-order valence-electron chi connectivity index (χ0n) is 13.4. The van der Waals surface area contributed by atoms with E-state index < -0.39 is 20.8 Å². The molecule has 0 bridgehead atoms. The van der Waals surface area contributed by atoms with Gasteiger partial charge >= 0.3 is 0 Å². The van der Waals surface area contributed by atoms with E-state index in [-0.39, 0.29) is 11.3 Å². The predicted octanol–water partition coefficient (Wildman–Crippen LogP) is 4.14. The van der Waals surface area contributed by atoms with Gasteiger partial charge in [0.05, 0.1) is 17.7 Å². The molecule has 0 heterocycles. The van der Waals surface area contributed by atoms with E-state index in [1.165, 1.54) is 25.3 Å². The highest BCUT2D eigenvalue weighted by Crippen LogP contribution is 2.33. The number of nitro benzene ring substituents is 1. The second kappa shape index (κ2) is 8.44. The van der Waals surface area contributed by atoms with Gasteiger partial charge in [-0.2, -0.15) is 0 Å². The lowest BCUT2D eigenvalue weighted by molar-refractivity contribution is -0.384. The molecule has 1 atom stereocenters. The first-order valence-corrected chi connectivity index (χ1v) is 8.37. The summed E-state index contributed by atoms with van der Waals surface area (Å²) in [5, 5.41) is 16.3. The van der Waals surface area contributed by atoms with Gasteiger partial charge in [0, 0.05) is 17.7 Å². The maximum atomic E-state index is 12.4. The topological polar surface area (TPSA) is 93.5 Å². The van der Waals surface area contributed by atoms with Crippen molar-refractivity contribution in [1.29, 1.82) is 0 Å². The minimum atomic E-state index is -1.91. The van der Waals surface area contributed by atoms with Crippen LogP contribution in [-0.4, -0.2) is 27.9 Å². The summed E-state index contributed by atoms with van der Waals surface area (Å²) in [7, 11) is 1.48. The summed E-state index contributed by atoms with van der Waals surface area (Å²) in [6.07, 6.45) is -1.13. The number of amides is 1. The zero-order chi connectivity index (χ0) is 19.3. The number of carbonyl (C=O) groups is 1. The van der Waals surface area contributed by atoms with Crippen LogP contribution in [-0.2, 0) is 0 Å². The molecule has 2 N–H and O–H groups in total. The summed E-state index contributed by atoms with van der Waals surface area (Å²) in [6.45, 7) is 0. The van der Waals surface area contributed by atoms with Crippen LogP contribution in [0.1, 0.15) is 10.4 Å². The van der Waals surface area contributed by atoms with Crippen LogP contribution in [0, 0.1) is 10.1 Å². The van der Waals surface area contributed by atoms with Crippen molar-refractivity contribution in [3.05, 3.63) is 64.2 Å². The van der Waals surface area contributed by atoms with Crippen molar-refractivity contribution in [3.63, 3.8) is 0 Å². The Bertz CT molecular complexity index is 811. The van der Waals surface area contributed by atoms with Gasteiger partial charge < -0.3 is 15.4 Å². The molecular formula is C16H14Cl3N3O4. The van der Waals surface area contributed by atoms with Gasteiger partial charge in [-0.25, -0.2) is 0 Å². The van der Waals surface area contributed by atoms with Crippen molar-refractivity contribution in [3.8, 4) is 5.75 Å². The fourth-order valence-electron chi connectivity index (χ4n) is 2.09. The van der Waals surface area contributed by atoms with E-state index in [0.29, 0.717) is 11.4 Å². The Balaban J connectivity index is 2.24. The zero-order valence-corrected chi connectivity index (χ0v) is 15.7. The van der Waals surface area contributed by atoms with Crippen molar-refractivity contribution >= 4 is 52.1 Å². The van der Waals surface area contributed by atoms with Crippen LogP contribution in [0.3, 0.4) is 0 Å². The number of nitrogens with one attached hydrogen (secondary N) is 2. The Hall–Kier alpha value is -2.22. The number of nitrogens with zero attached hydrogens (tertiary/aromatic N) is 1. The van der Waals surface area contributed by atoms with Crippen molar-refractivity contribution in [2.24, 2.45) is 0 Å². The number of nitro groups is 1. The van der Waals surface area contributed by atoms with Gasteiger partial charge in [-0.15, -0.1) is 0 Å². The van der Waals surface area contributed by atoms with Gasteiger partial charge in [-0.1, -0.05) is 53.0 Å². The van der Waals surface area contributed by atoms with Crippen LogP contribution < -0.4 is 15.4 Å². The maximum Gasteiger partial charge on any atom is 0.270 e. The monoisotopic (exact) mass is 417 g/mol. The molecule has 2 aromatic carbocycles. The number of anilines is 1. The molecule has 138 valence electrons. The number of ether oxygens (including phenoxy) is 1. The number of alkyl halides is 3.